The Morgan fingerprint density at radius 1 is 1.32 bits per heavy atom. The second-order valence-corrected chi connectivity index (χ2v) is 7.57. The first-order valence-electron chi connectivity index (χ1n) is 7.23. The molecule has 1 aliphatic rings. The zero-order valence-corrected chi connectivity index (χ0v) is 16.0. The summed E-state index contributed by atoms with van der Waals surface area (Å²) in [5.74, 6) is 0.591. The first kappa shape index (κ1) is 18.0. The van der Waals surface area contributed by atoms with Gasteiger partial charge in [-0.05, 0) is 57.4 Å². The predicted octanol–water partition coefficient (Wildman–Crippen LogP) is 4.36. The van der Waals surface area contributed by atoms with Gasteiger partial charge in [0.05, 0.1) is 16.4 Å². The number of carbonyl (C=O) groups is 1. The van der Waals surface area contributed by atoms with E-state index < -0.39 is 0 Å². The standard InChI is InChI=1S/C17H12BrFN2O2S2/c18-14-7-12(8-20-21-16(22)10-25-17(21)24)3-6-15(14)23-9-11-1-4-13(19)5-2-11/h1-8H,9-10H2/b20-8-. The van der Waals surface area contributed by atoms with E-state index in [2.05, 4.69) is 21.0 Å². The molecule has 0 atom stereocenters. The van der Waals surface area contributed by atoms with Crippen molar-refractivity contribution in [3.63, 3.8) is 0 Å². The molecule has 2 aromatic carbocycles. The number of hydrogen-bond donors (Lipinski definition) is 0. The minimum atomic E-state index is -0.275. The minimum absolute atomic E-state index is 0.121. The highest BCUT2D eigenvalue weighted by molar-refractivity contribution is 9.10. The van der Waals surface area contributed by atoms with Crippen LogP contribution in [0.25, 0.3) is 0 Å². The summed E-state index contributed by atoms with van der Waals surface area (Å²) in [6.45, 7) is 0.333. The molecule has 0 spiro atoms. The van der Waals surface area contributed by atoms with E-state index in [4.69, 9.17) is 17.0 Å². The average Bonchev–Trinajstić information content (AvgIpc) is 2.92. The summed E-state index contributed by atoms with van der Waals surface area (Å²) >= 11 is 9.82. The Morgan fingerprint density at radius 3 is 2.72 bits per heavy atom. The van der Waals surface area contributed by atoms with Gasteiger partial charge in [0.1, 0.15) is 18.2 Å². The summed E-state index contributed by atoms with van der Waals surface area (Å²) in [4.78, 5) is 11.6. The van der Waals surface area contributed by atoms with Gasteiger partial charge < -0.3 is 4.74 Å². The number of thioether (sulfide) groups is 1. The van der Waals surface area contributed by atoms with Crippen LogP contribution < -0.4 is 4.74 Å². The maximum Gasteiger partial charge on any atom is 0.259 e. The Kier molecular flexibility index (Phi) is 5.82. The highest BCUT2D eigenvalue weighted by Gasteiger charge is 2.25. The third kappa shape index (κ3) is 4.65. The van der Waals surface area contributed by atoms with Gasteiger partial charge in [0.2, 0.25) is 0 Å². The minimum Gasteiger partial charge on any atom is -0.488 e. The van der Waals surface area contributed by atoms with Crippen LogP contribution in [0.2, 0.25) is 0 Å². The van der Waals surface area contributed by atoms with Crippen LogP contribution >= 0.6 is 39.9 Å². The summed E-state index contributed by atoms with van der Waals surface area (Å²) in [6.07, 6.45) is 1.57. The predicted molar refractivity (Wildman–Crippen MR) is 104 cm³/mol. The van der Waals surface area contributed by atoms with Crippen molar-refractivity contribution < 1.29 is 13.9 Å². The molecule has 0 saturated carbocycles. The molecular formula is C17H12BrFN2O2S2. The SMILES string of the molecule is O=C1CSC(=S)N1/N=C\c1ccc(OCc2ccc(F)cc2)c(Br)c1. The van der Waals surface area contributed by atoms with Crippen LogP contribution in [0.15, 0.2) is 52.0 Å². The molecule has 0 unspecified atom stereocenters. The summed E-state index contributed by atoms with van der Waals surface area (Å²) in [5.41, 5.74) is 1.67. The summed E-state index contributed by atoms with van der Waals surface area (Å²) < 4.78 is 19.8. The van der Waals surface area contributed by atoms with E-state index >= 15 is 0 Å². The number of halogens is 2. The lowest BCUT2D eigenvalue weighted by atomic mass is 10.2. The third-order valence-electron chi connectivity index (χ3n) is 3.31. The highest BCUT2D eigenvalue weighted by Crippen LogP contribution is 2.27. The molecule has 1 fully saturated rings. The average molecular weight is 439 g/mol. The fraction of sp³-hybridized carbons (Fsp3) is 0.118. The van der Waals surface area contributed by atoms with Crippen LogP contribution in [0.3, 0.4) is 0 Å². The van der Waals surface area contributed by atoms with Crippen LogP contribution in [0.4, 0.5) is 4.39 Å². The second-order valence-electron chi connectivity index (χ2n) is 5.11. The van der Waals surface area contributed by atoms with Gasteiger partial charge in [-0.15, -0.1) is 0 Å². The molecule has 128 valence electrons. The fourth-order valence-corrected chi connectivity index (χ4v) is 3.52. The number of benzene rings is 2. The Bertz CT molecular complexity index is 827. The Labute approximate surface area is 162 Å². The van der Waals surface area contributed by atoms with E-state index in [0.717, 1.165) is 15.6 Å². The van der Waals surface area contributed by atoms with Gasteiger partial charge in [-0.1, -0.05) is 36.1 Å². The van der Waals surface area contributed by atoms with Crippen molar-refractivity contribution in [3.8, 4) is 5.75 Å². The quantitative estimate of drug-likeness (QED) is 0.513. The largest absolute Gasteiger partial charge is 0.488 e. The number of rotatable bonds is 5. The van der Waals surface area contributed by atoms with E-state index in [1.807, 2.05) is 12.1 Å². The van der Waals surface area contributed by atoms with Crippen LogP contribution in [0.5, 0.6) is 5.75 Å². The zero-order valence-electron chi connectivity index (χ0n) is 12.8. The van der Waals surface area contributed by atoms with Crippen molar-refractivity contribution in [2.45, 2.75) is 6.61 Å². The molecule has 3 rings (SSSR count). The normalized spacial score (nSPS) is 14.6. The highest BCUT2D eigenvalue weighted by atomic mass is 79.9. The molecule has 0 radical (unpaired) electrons. The van der Waals surface area contributed by atoms with Crippen molar-refractivity contribution in [1.29, 1.82) is 0 Å². The second kappa shape index (κ2) is 8.07. The number of hydrogen-bond acceptors (Lipinski definition) is 5. The van der Waals surface area contributed by atoms with Gasteiger partial charge >= 0.3 is 0 Å². The summed E-state index contributed by atoms with van der Waals surface area (Å²) in [5, 5.41) is 5.36. The van der Waals surface area contributed by atoms with E-state index in [0.29, 0.717) is 22.4 Å². The first-order valence-corrected chi connectivity index (χ1v) is 9.42. The lowest BCUT2D eigenvalue weighted by molar-refractivity contribution is -0.123. The zero-order chi connectivity index (χ0) is 17.8. The van der Waals surface area contributed by atoms with E-state index in [9.17, 15) is 9.18 Å². The van der Waals surface area contributed by atoms with Gasteiger partial charge in [0.25, 0.3) is 5.91 Å². The molecule has 0 N–H and O–H groups in total. The van der Waals surface area contributed by atoms with Crippen LogP contribution in [0.1, 0.15) is 11.1 Å². The van der Waals surface area contributed by atoms with Crippen molar-refractivity contribution in [2.75, 3.05) is 5.75 Å². The monoisotopic (exact) mass is 438 g/mol. The molecule has 4 nitrogen and oxygen atoms in total. The van der Waals surface area contributed by atoms with E-state index in [1.54, 1.807) is 24.4 Å². The lowest BCUT2D eigenvalue weighted by Gasteiger charge is -2.09. The third-order valence-corrected chi connectivity index (χ3v) is 5.27. The molecule has 0 aromatic heterocycles. The van der Waals surface area contributed by atoms with Crippen molar-refractivity contribution in [3.05, 3.63) is 63.9 Å². The molecule has 1 aliphatic heterocycles. The van der Waals surface area contributed by atoms with Gasteiger partial charge in [0, 0.05) is 0 Å². The van der Waals surface area contributed by atoms with Crippen molar-refractivity contribution >= 4 is 56.4 Å². The molecule has 25 heavy (non-hydrogen) atoms. The molecule has 1 heterocycles. The van der Waals surface area contributed by atoms with Crippen LogP contribution in [-0.2, 0) is 11.4 Å². The molecule has 0 bridgehead atoms. The number of hydrazone groups is 1. The molecule has 1 saturated heterocycles. The Balaban J connectivity index is 1.65. The number of ether oxygens (including phenoxy) is 1. The smallest absolute Gasteiger partial charge is 0.259 e. The molecule has 8 heteroatoms. The van der Waals surface area contributed by atoms with Gasteiger partial charge in [-0.2, -0.15) is 10.1 Å². The first-order chi connectivity index (χ1) is 12.0. The molecule has 2 aromatic rings. The fourth-order valence-electron chi connectivity index (χ4n) is 2.04. The van der Waals surface area contributed by atoms with Gasteiger partial charge in [-0.3, -0.25) is 4.79 Å². The van der Waals surface area contributed by atoms with E-state index in [1.165, 1.54) is 28.9 Å². The Morgan fingerprint density at radius 2 is 2.08 bits per heavy atom. The number of thiocarbonyl (C=S) groups is 1. The van der Waals surface area contributed by atoms with E-state index in [-0.39, 0.29) is 11.7 Å². The van der Waals surface area contributed by atoms with Crippen LogP contribution in [-0.4, -0.2) is 27.2 Å². The van der Waals surface area contributed by atoms with Crippen molar-refractivity contribution in [2.24, 2.45) is 5.10 Å². The van der Waals surface area contributed by atoms with Gasteiger partial charge in [0.15, 0.2) is 4.32 Å². The molecular weight excluding hydrogens is 427 g/mol. The van der Waals surface area contributed by atoms with Crippen LogP contribution in [0, 0.1) is 5.82 Å². The molecule has 1 amide bonds. The summed E-state index contributed by atoms with van der Waals surface area (Å²) in [7, 11) is 0. The summed E-state index contributed by atoms with van der Waals surface area (Å²) in [6, 6.07) is 11.6. The number of nitrogens with zero attached hydrogens (tertiary/aromatic N) is 2. The van der Waals surface area contributed by atoms with Gasteiger partial charge in [-0.25, -0.2) is 4.39 Å². The maximum absolute atomic E-state index is 12.9. The Hall–Kier alpha value is -1.77. The van der Waals surface area contributed by atoms with Crippen molar-refractivity contribution in [1.82, 2.24) is 5.01 Å². The molecule has 0 aliphatic carbocycles. The topological polar surface area (TPSA) is 41.9 Å². The maximum atomic E-state index is 12.9. The lowest BCUT2D eigenvalue weighted by Crippen LogP contribution is -2.22. The number of amides is 1. The number of carbonyl (C=O) groups excluding carboxylic acids is 1.